The standard InChI is InChI=1S/C15H29P/c1-9-5-7-13(8-6-9)10(2)14-11(3)15(14)12(4)16/h9-15H,5-8,16H2,1-4H3/t9?,10-,11-,12?,13?,14?,15?/m0/s1. The van der Waals surface area contributed by atoms with Crippen LogP contribution in [0.15, 0.2) is 0 Å². The Morgan fingerprint density at radius 2 is 1.50 bits per heavy atom. The molecule has 2 aliphatic carbocycles. The fourth-order valence-corrected chi connectivity index (χ4v) is 4.92. The molecule has 0 aromatic rings. The van der Waals surface area contributed by atoms with Gasteiger partial charge in [0, 0.05) is 0 Å². The normalized spacial score (nSPS) is 47.4. The summed E-state index contributed by atoms with van der Waals surface area (Å²) in [4.78, 5) is 0. The summed E-state index contributed by atoms with van der Waals surface area (Å²) >= 11 is 0. The van der Waals surface area contributed by atoms with Gasteiger partial charge >= 0.3 is 0 Å². The van der Waals surface area contributed by atoms with Gasteiger partial charge in [0.05, 0.1) is 0 Å². The van der Waals surface area contributed by atoms with Crippen LogP contribution in [0.4, 0.5) is 0 Å². The quantitative estimate of drug-likeness (QED) is 0.633. The first-order chi connectivity index (χ1) is 7.52. The van der Waals surface area contributed by atoms with Crippen molar-refractivity contribution in [3.63, 3.8) is 0 Å². The van der Waals surface area contributed by atoms with E-state index >= 15 is 0 Å². The third kappa shape index (κ3) is 2.47. The average molecular weight is 240 g/mol. The van der Waals surface area contributed by atoms with Crippen LogP contribution in [0.3, 0.4) is 0 Å². The first kappa shape index (κ1) is 12.9. The molecular weight excluding hydrogens is 211 g/mol. The average Bonchev–Trinajstić information content (AvgIpc) is 2.90. The van der Waals surface area contributed by atoms with Crippen LogP contribution in [-0.4, -0.2) is 5.66 Å². The van der Waals surface area contributed by atoms with E-state index in [1.807, 2.05) is 0 Å². The van der Waals surface area contributed by atoms with Crippen molar-refractivity contribution in [3.05, 3.63) is 0 Å². The Morgan fingerprint density at radius 1 is 0.938 bits per heavy atom. The van der Waals surface area contributed by atoms with E-state index in [0.717, 1.165) is 41.2 Å². The molecule has 94 valence electrons. The lowest BCUT2D eigenvalue weighted by molar-refractivity contribution is 0.198. The minimum absolute atomic E-state index is 0.824. The van der Waals surface area contributed by atoms with Gasteiger partial charge in [-0.2, -0.15) is 0 Å². The predicted octanol–water partition coefficient (Wildman–Crippen LogP) is 4.59. The van der Waals surface area contributed by atoms with Crippen molar-refractivity contribution in [2.45, 2.75) is 59.0 Å². The van der Waals surface area contributed by atoms with E-state index in [2.05, 4.69) is 36.9 Å². The van der Waals surface area contributed by atoms with Gasteiger partial charge in [-0.15, -0.1) is 9.24 Å². The molecule has 0 aromatic heterocycles. The topological polar surface area (TPSA) is 0 Å². The second kappa shape index (κ2) is 4.97. The SMILES string of the molecule is CC1CCC([C@H](C)C2C(C(C)P)[C@H]2C)CC1. The Hall–Kier alpha value is 0.430. The highest BCUT2D eigenvalue weighted by Gasteiger charge is 2.52. The molecule has 0 saturated heterocycles. The van der Waals surface area contributed by atoms with E-state index in [-0.39, 0.29) is 0 Å². The van der Waals surface area contributed by atoms with Gasteiger partial charge in [0.2, 0.25) is 0 Å². The first-order valence-corrected chi connectivity index (χ1v) is 7.94. The zero-order chi connectivity index (χ0) is 11.9. The summed E-state index contributed by atoms with van der Waals surface area (Å²) < 4.78 is 0. The van der Waals surface area contributed by atoms with E-state index in [0.29, 0.717) is 0 Å². The zero-order valence-electron chi connectivity index (χ0n) is 11.4. The summed E-state index contributed by atoms with van der Waals surface area (Å²) in [5, 5.41) is 0. The third-order valence-electron chi connectivity index (χ3n) is 5.54. The van der Waals surface area contributed by atoms with Crippen molar-refractivity contribution < 1.29 is 0 Å². The molecule has 4 unspecified atom stereocenters. The fraction of sp³-hybridized carbons (Fsp3) is 1.00. The van der Waals surface area contributed by atoms with Gasteiger partial charge in [-0.05, 0) is 54.0 Å². The van der Waals surface area contributed by atoms with Crippen LogP contribution in [0.5, 0.6) is 0 Å². The van der Waals surface area contributed by atoms with Crippen LogP contribution in [0.1, 0.15) is 53.4 Å². The van der Waals surface area contributed by atoms with E-state index < -0.39 is 0 Å². The summed E-state index contributed by atoms with van der Waals surface area (Å²) in [7, 11) is 3.02. The Kier molecular flexibility index (Phi) is 4.00. The van der Waals surface area contributed by atoms with Crippen LogP contribution in [0.25, 0.3) is 0 Å². The molecule has 2 aliphatic rings. The second-order valence-electron chi connectivity index (χ2n) is 6.75. The van der Waals surface area contributed by atoms with Gasteiger partial charge in [-0.3, -0.25) is 0 Å². The fourth-order valence-electron chi connectivity index (χ4n) is 4.31. The Morgan fingerprint density at radius 3 is 1.94 bits per heavy atom. The molecule has 16 heavy (non-hydrogen) atoms. The zero-order valence-corrected chi connectivity index (χ0v) is 12.6. The number of hydrogen-bond acceptors (Lipinski definition) is 0. The van der Waals surface area contributed by atoms with E-state index in [4.69, 9.17) is 0 Å². The smallest absolute Gasteiger partial charge is 0.0259 e. The summed E-state index contributed by atoms with van der Waals surface area (Å²) in [6, 6.07) is 0. The maximum Gasteiger partial charge on any atom is -0.0259 e. The lowest BCUT2D eigenvalue weighted by Crippen LogP contribution is -2.21. The molecule has 1 heteroatoms. The van der Waals surface area contributed by atoms with Gasteiger partial charge < -0.3 is 0 Å². The summed E-state index contributed by atoms with van der Waals surface area (Å²) in [6.45, 7) is 9.81. The molecular formula is C15H29P. The highest BCUT2D eigenvalue weighted by atomic mass is 31.0. The third-order valence-corrected chi connectivity index (χ3v) is 5.98. The Balaban J connectivity index is 1.87. The molecule has 0 spiro atoms. The van der Waals surface area contributed by atoms with Gasteiger partial charge in [0.15, 0.2) is 0 Å². The van der Waals surface area contributed by atoms with Gasteiger partial charge in [0.25, 0.3) is 0 Å². The number of hydrogen-bond donors (Lipinski definition) is 0. The molecule has 6 atom stereocenters. The molecule has 0 aromatic carbocycles. The molecule has 0 bridgehead atoms. The molecule has 0 nitrogen and oxygen atoms in total. The Labute approximate surface area is 104 Å². The second-order valence-corrected chi connectivity index (χ2v) is 7.80. The number of rotatable bonds is 3. The van der Waals surface area contributed by atoms with Gasteiger partial charge in [-0.25, -0.2) is 0 Å². The van der Waals surface area contributed by atoms with Crippen molar-refractivity contribution in [2.75, 3.05) is 0 Å². The minimum Gasteiger partial charge on any atom is -0.134 e. The van der Waals surface area contributed by atoms with Crippen molar-refractivity contribution in [1.29, 1.82) is 0 Å². The van der Waals surface area contributed by atoms with Crippen LogP contribution < -0.4 is 0 Å². The van der Waals surface area contributed by atoms with Gasteiger partial charge in [0.1, 0.15) is 0 Å². The van der Waals surface area contributed by atoms with Crippen LogP contribution >= 0.6 is 9.24 Å². The maximum atomic E-state index is 3.02. The van der Waals surface area contributed by atoms with Crippen molar-refractivity contribution in [3.8, 4) is 0 Å². The lowest BCUT2D eigenvalue weighted by atomic mass is 9.75. The van der Waals surface area contributed by atoms with Crippen LogP contribution in [0, 0.1) is 35.5 Å². The molecule has 0 radical (unpaired) electrons. The molecule has 0 N–H and O–H groups in total. The molecule has 2 rings (SSSR count). The maximum absolute atomic E-state index is 3.02. The molecule has 0 amide bonds. The van der Waals surface area contributed by atoms with Crippen LogP contribution in [-0.2, 0) is 0 Å². The molecule has 2 saturated carbocycles. The lowest BCUT2D eigenvalue weighted by Gasteiger charge is -2.31. The van der Waals surface area contributed by atoms with E-state index in [1.54, 1.807) is 0 Å². The van der Waals surface area contributed by atoms with Crippen LogP contribution in [0.2, 0.25) is 0 Å². The molecule has 0 aliphatic heterocycles. The predicted molar refractivity (Wildman–Crippen MR) is 75.6 cm³/mol. The first-order valence-electron chi connectivity index (χ1n) is 7.28. The van der Waals surface area contributed by atoms with Crippen molar-refractivity contribution in [1.82, 2.24) is 0 Å². The summed E-state index contributed by atoms with van der Waals surface area (Å²) in [5.41, 5.74) is 0.824. The van der Waals surface area contributed by atoms with E-state index in [9.17, 15) is 0 Å². The summed E-state index contributed by atoms with van der Waals surface area (Å²) in [5.74, 6) is 6.04. The Bertz CT molecular complexity index is 228. The minimum atomic E-state index is 0.824. The summed E-state index contributed by atoms with van der Waals surface area (Å²) in [6.07, 6.45) is 5.97. The molecule has 2 fully saturated rings. The van der Waals surface area contributed by atoms with Crippen molar-refractivity contribution >= 4 is 9.24 Å². The molecule has 0 heterocycles. The van der Waals surface area contributed by atoms with E-state index in [1.165, 1.54) is 25.7 Å². The van der Waals surface area contributed by atoms with Gasteiger partial charge in [-0.1, -0.05) is 40.5 Å². The monoisotopic (exact) mass is 240 g/mol. The highest BCUT2D eigenvalue weighted by molar-refractivity contribution is 7.17. The van der Waals surface area contributed by atoms with Crippen molar-refractivity contribution in [2.24, 2.45) is 35.5 Å². The highest BCUT2D eigenvalue weighted by Crippen LogP contribution is 2.57. The largest absolute Gasteiger partial charge is 0.134 e.